The SMILES string of the molecule is Cc1ccc(-c2cccc(-c3ccc4c(c3)c3ccccc3n4-c3ccc4c(c3)C(c3ccccc3)(c3ccccc3)c3ccccc3-4)c2)cc1. The smallest absolute Gasteiger partial charge is 0.0714 e. The Morgan fingerprint density at radius 2 is 0.961 bits per heavy atom. The number of para-hydroxylation sites is 1. The minimum atomic E-state index is -0.446. The molecule has 0 bridgehead atoms. The van der Waals surface area contributed by atoms with E-state index in [1.54, 1.807) is 0 Å². The molecule has 240 valence electrons. The maximum absolute atomic E-state index is 2.46. The molecule has 9 aromatic rings. The first-order valence-corrected chi connectivity index (χ1v) is 17.8. The molecule has 0 aliphatic heterocycles. The van der Waals surface area contributed by atoms with Crippen LogP contribution in [0.25, 0.3) is 60.9 Å². The van der Waals surface area contributed by atoms with Crippen LogP contribution in [0.2, 0.25) is 0 Å². The molecule has 1 aliphatic carbocycles. The number of nitrogens with zero attached hydrogens (tertiary/aromatic N) is 1. The van der Waals surface area contributed by atoms with Crippen LogP contribution in [0.3, 0.4) is 0 Å². The number of benzene rings is 8. The minimum absolute atomic E-state index is 0.446. The molecule has 0 radical (unpaired) electrons. The first kappa shape index (κ1) is 29.5. The number of hydrogen-bond acceptors (Lipinski definition) is 0. The van der Waals surface area contributed by atoms with Gasteiger partial charge in [0, 0.05) is 16.5 Å². The lowest BCUT2D eigenvalue weighted by Crippen LogP contribution is -2.28. The van der Waals surface area contributed by atoms with Crippen molar-refractivity contribution in [3.05, 3.63) is 222 Å². The molecule has 8 aromatic carbocycles. The Morgan fingerprint density at radius 1 is 0.373 bits per heavy atom. The highest BCUT2D eigenvalue weighted by Gasteiger charge is 2.46. The van der Waals surface area contributed by atoms with Crippen LogP contribution in [0, 0.1) is 6.92 Å². The topological polar surface area (TPSA) is 4.93 Å². The van der Waals surface area contributed by atoms with Gasteiger partial charge in [0.2, 0.25) is 0 Å². The zero-order chi connectivity index (χ0) is 33.9. The van der Waals surface area contributed by atoms with Gasteiger partial charge in [-0.15, -0.1) is 0 Å². The third kappa shape index (κ3) is 4.48. The molecule has 1 aromatic heterocycles. The van der Waals surface area contributed by atoms with Crippen molar-refractivity contribution in [1.29, 1.82) is 0 Å². The standard InChI is InChI=1S/C50H35N/c1-34-23-25-35(26-24-34)36-13-12-14-37(31-36)38-27-30-49-45(32-38)44-20-9-11-22-48(44)51(49)41-28-29-43-42-19-8-10-21-46(42)50(47(43)33-41,39-15-4-2-5-16-39)40-17-6-3-7-18-40/h2-33H,1H3. The van der Waals surface area contributed by atoms with Gasteiger partial charge in [0.15, 0.2) is 0 Å². The van der Waals surface area contributed by atoms with Gasteiger partial charge in [-0.25, -0.2) is 0 Å². The molecule has 0 saturated heterocycles. The summed E-state index contributed by atoms with van der Waals surface area (Å²) < 4.78 is 2.46. The van der Waals surface area contributed by atoms with Crippen LogP contribution in [0.1, 0.15) is 27.8 Å². The fourth-order valence-corrected chi connectivity index (χ4v) is 8.63. The molecule has 0 fully saturated rings. The molecule has 10 rings (SSSR count). The lowest BCUT2D eigenvalue weighted by Gasteiger charge is -2.34. The average molecular weight is 650 g/mol. The van der Waals surface area contributed by atoms with Crippen LogP contribution in [-0.4, -0.2) is 4.57 Å². The molecule has 0 atom stereocenters. The van der Waals surface area contributed by atoms with E-state index in [1.807, 2.05) is 0 Å². The van der Waals surface area contributed by atoms with Crippen molar-refractivity contribution >= 4 is 21.8 Å². The highest BCUT2D eigenvalue weighted by molar-refractivity contribution is 6.10. The number of fused-ring (bicyclic) bond motifs is 6. The second-order valence-electron chi connectivity index (χ2n) is 13.8. The molecule has 0 saturated carbocycles. The number of aromatic nitrogens is 1. The molecule has 0 N–H and O–H groups in total. The average Bonchev–Trinajstić information content (AvgIpc) is 3.69. The van der Waals surface area contributed by atoms with E-state index in [9.17, 15) is 0 Å². The molecule has 1 aliphatic rings. The lowest BCUT2D eigenvalue weighted by molar-refractivity contribution is 0.767. The summed E-state index contributed by atoms with van der Waals surface area (Å²) in [6.07, 6.45) is 0. The quantitative estimate of drug-likeness (QED) is 0.175. The Bertz CT molecular complexity index is 2690. The van der Waals surface area contributed by atoms with Crippen molar-refractivity contribution < 1.29 is 0 Å². The molecule has 0 unspecified atom stereocenters. The Morgan fingerprint density at radius 3 is 1.73 bits per heavy atom. The van der Waals surface area contributed by atoms with Crippen molar-refractivity contribution in [2.24, 2.45) is 0 Å². The third-order valence-electron chi connectivity index (χ3n) is 11.0. The summed E-state index contributed by atoms with van der Waals surface area (Å²) in [6.45, 7) is 2.14. The lowest BCUT2D eigenvalue weighted by atomic mass is 9.67. The van der Waals surface area contributed by atoms with E-state index in [0.717, 1.165) is 5.69 Å². The van der Waals surface area contributed by atoms with Gasteiger partial charge in [0.1, 0.15) is 0 Å². The van der Waals surface area contributed by atoms with Crippen LogP contribution in [0.5, 0.6) is 0 Å². The minimum Gasteiger partial charge on any atom is -0.309 e. The monoisotopic (exact) mass is 649 g/mol. The summed E-state index contributed by atoms with van der Waals surface area (Å²) in [7, 11) is 0. The molecule has 1 heterocycles. The summed E-state index contributed by atoms with van der Waals surface area (Å²) >= 11 is 0. The molecular formula is C50H35N. The van der Waals surface area contributed by atoms with Crippen molar-refractivity contribution in [3.8, 4) is 39.1 Å². The van der Waals surface area contributed by atoms with E-state index in [-0.39, 0.29) is 0 Å². The van der Waals surface area contributed by atoms with Gasteiger partial charge in [-0.05, 0) is 99.0 Å². The van der Waals surface area contributed by atoms with Gasteiger partial charge in [0.05, 0.1) is 16.4 Å². The molecular weight excluding hydrogens is 615 g/mol. The molecule has 0 amide bonds. The van der Waals surface area contributed by atoms with E-state index in [0.29, 0.717) is 0 Å². The highest BCUT2D eigenvalue weighted by Crippen LogP contribution is 2.56. The Balaban J connectivity index is 1.19. The van der Waals surface area contributed by atoms with Crippen molar-refractivity contribution in [3.63, 3.8) is 0 Å². The normalized spacial score (nSPS) is 13.0. The summed E-state index contributed by atoms with van der Waals surface area (Å²) in [5, 5.41) is 2.51. The van der Waals surface area contributed by atoms with Crippen LogP contribution in [0.15, 0.2) is 194 Å². The van der Waals surface area contributed by atoms with E-state index in [2.05, 4.69) is 206 Å². The molecule has 51 heavy (non-hydrogen) atoms. The van der Waals surface area contributed by atoms with Crippen LogP contribution < -0.4 is 0 Å². The zero-order valence-electron chi connectivity index (χ0n) is 28.4. The Hall–Kier alpha value is -6.44. The summed E-state index contributed by atoms with van der Waals surface area (Å²) in [4.78, 5) is 0. The van der Waals surface area contributed by atoms with Gasteiger partial charge in [0.25, 0.3) is 0 Å². The predicted molar refractivity (Wildman–Crippen MR) is 214 cm³/mol. The van der Waals surface area contributed by atoms with E-state index >= 15 is 0 Å². The maximum atomic E-state index is 2.46. The van der Waals surface area contributed by atoms with Crippen LogP contribution >= 0.6 is 0 Å². The number of rotatable bonds is 5. The van der Waals surface area contributed by atoms with Crippen molar-refractivity contribution in [1.82, 2.24) is 4.57 Å². The fraction of sp³-hybridized carbons (Fsp3) is 0.0400. The second kappa shape index (κ2) is 11.6. The van der Waals surface area contributed by atoms with Gasteiger partial charge >= 0.3 is 0 Å². The Labute approximate surface area is 298 Å². The Kier molecular flexibility index (Phi) is 6.69. The van der Waals surface area contributed by atoms with Crippen LogP contribution in [-0.2, 0) is 5.41 Å². The molecule has 1 heteroatoms. The van der Waals surface area contributed by atoms with Crippen molar-refractivity contribution in [2.75, 3.05) is 0 Å². The van der Waals surface area contributed by atoms with Gasteiger partial charge in [-0.3, -0.25) is 0 Å². The van der Waals surface area contributed by atoms with E-state index in [4.69, 9.17) is 0 Å². The number of hydrogen-bond donors (Lipinski definition) is 0. The van der Waals surface area contributed by atoms with Gasteiger partial charge in [-0.2, -0.15) is 0 Å². The first-order chi connectivity index (χ1) is 25.2. The number of aryl methyl sites for hydroxylation is 1. The largest absolute Gasteiger partial charge is 0.309 e. The summed E-state index contributed by atoms with van der Waals surface area (Å²) in [5.41, 5.74) is 17.1. The van der Waals surface area contributed by atoms with Gasteiger partial charge in [-0.1, -0.05) is 163 Å². The molecule has 1 nitrogen and oxygen atoms in total. The van der Waals surface area contributed by atoms with Crippen molar-refractivity contribution in [2.45, 2.75) is 12.3 Å². The third-order valence-corrected chi connectivity index (χ3v) is 11.0. The fourth-order valence-electron chi connectivity index (χ4n) is 8.63. The summed E-state index contributed by atoms with van der Waals surface area (Å²) in [5.74, 6) is 0. The highest BCUT2D eigenvalue weighted by atomic mass is 15.0. The molecule has 0 spiro atoms. The van der Waals surface area contributed by atoms with Gasteiger partial charge < -0.3 is 4.57 Å². The first-order valence-electron chi connectivity index (χ1n) is 17.8. The summed E-state index contributed by atoms with van der Waals surface area (Å²) in [6, 6.07) is 71.7. The van der Waals surface area contributed by atoms with E-state index < -0.39 is 5.41 Å². The van der Waals surface area contributed by atoms with E-state index in [1.165, 1.54) is 83.0 Å². The zero-order valence-corrected chi connectivity index (χ0v) is 28.4. The van der Waals surface area contributed by atoms with Crippen LogP contribution in [0.4, 0.5) is 0 Å². The second-order valence-corrected chi connectivity index (χ2v) is 13.8. The predicted octanol–water partition coefficient (Wildman–Crippen LogP) is 12.8. The maximum Gasteiger partial charge on any atom is 0.0714 e.